The molecule has 100 valence electrons. The lowest BCUT2D eigenvalue weighted by Gasteiger charge is -2.11. The van der Waals surface area contributed by atoms with Gasteiger partial charge in [0.25, 0.3) is 0 Å². The Morgan fingerprint density at radius 3 is 2.68 bits per heavy atom. The Kier molecular flexibility index (Phi) is 5.25. The highest BCUT2D eigenvalue weighted by molar-refractivity contribution is 9.10. The molecule has 4 heteroatoms. The number of hydrogen-bond acceptors (Lipinski definition) is 2. The van der Waals surface area contributed by atoms with Crippen LogP contribution in [0.5, 0.6) is 5.75 Å². The number of rotatable bonds is 5. The molecule has 0 atom stereocenters. The summed E-state index contributed by atoms with van der Waals surface area (Å²) in [6.07, 6.45) is 0. The number of nitrogens with one attached hydrogen (secondary N) is 1. The van der Waals surface area contributed by atoms with Crippen LogP contribution in [0.25, 0.3) is 0 Å². The van der Waals surface area contributed by atoms with Crippen LogP contribution >= 0.6 is 27.5 Å². The van der Waals surface area contributed by atoms with Crippen LogP contribution in [0.1, 0.15) is 11.1 Å². The summed E-state index contributed by atoms with van der Waals surface area (Å²) >= 11 is 9.65. The molecular formula is C15H15BrClNO. The third-order valence-corrected chi connectivity index (χ3v) is 3.66. The zero-order valence-corrected chi connectivity index (χ0v) is 13.0. The monoisotopic (exact) mass is 339 g/mol. The van der Waals surface area contributed by atoms with E-state index in [1.54, 1.807) is 7.11 Å². The molecule has 0 bridgehead atoms. The number of halogens is 2. The molecule has 2 nitrogen and oxygen atoms in total. The van der Waals surface area contributed by atoms with E-state index in [9.17, 15) is 0 Å². The van der Waals surface area contributed by atoms with E-state index < -0.39 is 0 Å². The van der Waals surface area contributed by atoms with Gasteiger partial charge in [-0.25, -0.2) is 0 Å². The fourth-order valence-electron chi connectivity index (χ4n) is 1.88. The third-order valence-electron chi connectivity index (χ3n) is 2.82. The Morgan fingerprint density at radius 2 is 1.95 bits per heavy atom. The number of benzene rings is 2. The van der Waals surface area contributed by atoms with E-state index in [1.807, 2.05) is 30.3 Å². The maximum atomic E-state index is 6.19. The predicted molar refractivity (Wildman–Crippen MR) is 82.7 cm³/mol. The first kappa shape index (κ1) is 14.4. The van der Waals surface area contributed by atoms with E-state index in [4.69, 9.17) is 16.3 Å². The SMILES string of the molecule is COc1cccc(Cl)c1CNCc1cccc(Br)c1. The maximum Gasteiger partial charge on any atom is 0.124 e. The zero-order chi connectivity index (χ0) is 13.7. The van der Waals surface area contributed by atoms with E-state index >= 15 is 0 Å². The standard InChI is InChI=1S/C15H15BrClNO/c1-19-15-7-3-6-14(17)13(15)10-18-9-11-4-2-5-12(16)8-11/h2-8,18H,9-10H2,1H3. The Hall–Kier alpha value is -1.03. The molecule has 0 heterocycles. The molecule has 2 rings (SSSR count). The minimum absolute atomic E-state index is 0.676. The molecule has 0 unspecified atom stereocenters. The van der Waals surface area contributed by atoms with Crippen molar-refractivity contribution < 1.29 is 4.74 Å². The molecule has 0 amide bonds. The van der Waals surface area contributed by atoms with Gasteiger partial charge in [0.2, 0.25) is 0 Å². The van der Waals surface area contributed by atoms with E-state index in [0.29, 0.717) is 6.54 Å². The molecule has 1 N–H and O–H groups in total. The van der Waals surface area contributed by atoms with Crippen molar-refractivity contribution in [3.63, 3.8) is 0 Å². The molecule has 0 fully saturated rings. The van der Waals surface area contributed by atoms with Crippen molar-refractivity contribution in [1.29, 1.82) is 0 Å². The Balaban J connectivity index is 2.00. The first-order valence-electron chi connectivity index (χ1n) is 5.97. The molecule has 0 radical (unpaired) electrons. The number of ether oxygens (including phenoxy) is 1. The van der Waals surface area contributed by atoms with Gasteiger partial charge in [-0.3, -0.25) is 0 Å². The predicted octanol–water partition coefficient (Wildman–Crippen LogP) is 4.40. The first-order chi connectivity index (χ1) is 9.20. The van der Waals surface area contributed by atoms with Crippen LogP contribution in [0.2, 0.25) is 5.02 Å². The van der Waals surface area contributed by atoms with Gasteiger partial charge in [-0.2, -0.15) is 0 Å². The van der Waals surface area contributed by atoms with Crippen LogP contribution in [0.15, 0.2) is 46.9 Å². The summed E-state index contributed by atoms with van der Waals surface area (Å²) in [5, 5.41) is 4.10. The van der Waals surface area contributed by atoms with Crippen LogP contribution in [-0.4, -0.2) is 7.11 Å². The van der Waals surface area contributed by atoms with Gasteiger partial charge in [0.15, 0.2) is 0 Å². The van der Waals surface area contributed by atoms with Crippen LogP contribution in [0.3, 0.4) is 0 Å². The smallest absolute Gasteiger partial charge is 0.124 e. The highest BCUT2D eigenvalue weighted by Crippen LogP contribution is 2.26. The van der Waals surface area contributed by atoms with Crippen molar-refractivity contribution in [2.24, 2.45) is 0 Å². The summed E-state index contributed by atoms with van der Waals surface area (Å²) in [5.41, 5.74) is 2.21. The van der Waals surface area contributed by atoms with Crippen molar-refractivity contribution in [2.75, 3.05) is 7.11 Å². The van der Waals surface area contributed by atoms with E-state index in [2.05, 4.69) is 33.4 Å². The highest BCUT2D eigenvalue weighted by atomic mass is 79.9. The largest absolute Gasteiger partial charge is 0.496 e. The molecule has 0 saturated heterocycles. The van der Waals surface area contributed by atoms with Gasteiger partial charge in [-0.15, -0.1) is 0 Å². The lowest BCUT2D eigenvalue weighted by Crippen LogP contribution is -2.13. The van der Waals surface area contributed by atoms with Crippen molar-refractivity contribution in [1.82, 2.24) is 5.32 Å². The normalized spacial score (nSPS) is 10.5. The minimum Gasteiger partial charge on any atom is -0.496 e. The van der Waals surface area contributed by atoms with Crippen LogP contribution in [0.4, 0.5) is 0 Å². The average molecular weight is 341 g/mol. The molecule has 19 heavy (non-hydrogen) atoms. The molecule has 0 aliphatic carbocycles. The molecule has 0 saturated carbocycles. The zero-order valence-electron chi connectivity index (χ0n) is 10.6. The molecular weight excluding hydrogens is 326 g/mol. The molecule has 2 aromatic carbocycles. The summed E-state index contributed by atoms with van der Waals surface area (Å²) in [6.45, 7) is 1.46. The fraction of sp³-hybridized carbons (Fsp3) is 0.200. The Bertz CT molecular complexity index is 560. The van der Waals surface area contributed by atoms with E-state index in [-0.39, 0.29) is 0 Å². The van der Waals surface area contributed by atoms with Gasteiger partial charge in [-0.05, 0) is 29.8 Å². The maximum absolute atomic E-state index is 6.19. The molecule has 0 aliphatic heterocycles. The summed E-state index contributed by atoms with van der Waals surface area (Å²) < 4.78 is 6.40. The topological polar surface area (TPSA) is 21.3 Å². The van der Waals surface area contributed by atoms with Gasteiger partial charge < -0.3 is 10.1 Å². The Morgan fingerprint density at radius 1 is 1.16 bits per heavy atom. The molecule has 0 spiro atoms. The van der Waals surface area contributed by atoms with Crippen LogP contribution in [0, 0.1) is 0 Å². The van der Waals surface area contributed by atoms with E-state index in [1.165, 1.54) is 5.56 Å². The highest BCUT2D eigenvalue weighted by Gasteiger charge is 2.06. The van der Waals surface area contributed by atoms with Gasteiger partial charge in [-0.1, -0.05) is 45.7 Å². The molecule has 0 aliphatic rings. The number of methoxy groups -OCH3 is 1. The summed E-state index contributed by atoms with van der Waals surface area (Å²) in [7, 11) is 1.66. The van der Waals surface area contributed by atoms with E-state index in [0.717, 1.165) is 27.4 Å². The summed E-state index contributed by atoms with van der Waals surface area (Å²) in [4.78, 5) is 0. The van der Waals surface area contributed by atoms with Gasteiger partial charge in [0, 0.05) is 28.1 Å². The second-order valence-corrected chi connectivity index (χ2v) is 5.48. The van der Waals surface area contributed by atoms with Crippen LogP contribution < -0.4 is 10.1 Å². The minimum atomic E-state index is 0.676. The molecule has 0 aromatic heterocycles. The van der Waals surface area contributed by atoms with Gasteiger partial charge >= 0.3 is 0 Å². The lowest BCUT2D eigenvalue weighted by atomic mass is 10.2. The lowest BCUT2D eigenvalue weighted by molar-refractivity contribution is 0.407. The van der Waals surface area contributed by atoms with Crippen LogP contribution in [-0.2, 0) is 13.1 Å². The second kappa shape index (κ2) is 6.94. The third kappa shape index (κ3) is 3.96. The second-order valence-electron chi connectivity index (χ2n) is 4.15. The van der Waals surface area contributed by atoms with Gasteiger partial charge in [0.05, 0.1) is 7.11 Å². The fourth-order valence-corrected chi connectivity index (χ4v) is 2.56. The Labute approximate surface area is 126 Å². The molecule has 2 aromatic rings. The number of hydrogen-bond donors (Lipinski definition) is 1. The van der Waals surface area contributed by atoms with Crippen molar-refractivity contribution in [3.05, 3.63) is 63.1 Å². The van der Waals surface area contributed by atoms with Crippen molar-refractivity contribution in [3.8, 4) is 5.75 Å². The summed E-state index contributed by atoms with van der Waals surface area (Å²) in [5.74, 6) is 0.814. The first-order valence-corrected chi connectivity index (χ1v) is 7.14. The van der Waals surface area contributed by atoms with Crippen molar-refractivity contribution >= 4 is 27.5 Å². The van der Waals surface area contributed by atoms with Crippen molar-refractivity contribution in [2.45, 2.75) is 13.1 Å². The average Bonchev–Trinajstić information content (AvgIpc) is 2.40. The summed E-state index contributed by atoms with van der Waals surface area (Å²) in [6, 6.07) is 13.9. The quantitative estimate of drug-likeness (QED) is 0.871. The van der Waals surface area contributed by atoms with Gasteiger partial charge in [0.1, 0.15) is 5.75 Å².